The Morgan fingerprint density at radius 2 is 1.69 bits per heavy atom. The van der Waals surface area contributed by atoms with E-state index in [1.165, 1.54) is 28.3 Å². The summed E-state index contributed by atoms with van der Waals surface area (Å²) in [5.41, 5.74) is -1.74. The SMILES string of the molecule is COC(=O)[C@@H]1C[C@H](OC(C)=O)C(=O)[C@H]2[C@@]1(C)CC[C@H]1C(=O)O[C@H](CC3=CC(=O)C(OC)=C(OC)C3=O)C[C@]21C. The number of Topliss-reactive ketones (excluding diaryl/α,β-unsaturated/α-hetero) is 2. The molecule has 1 heterocycles. The summed E-state index contributed by atoms with van der Waals surface area (Å²) in [6.45, 7) is 4.87. The highest BCUT2D eigenvalue weighted by Gasteiger charge is 2.67. The number of hydrogen-bond donors (Lipinski definition) is 0. The average molecular weight is 547 g/mol. The quantitative estimate of drug-likeness (QED) is 0.274. The highest BCUT2D eigenvalue weighted by molar-refractivity contribution is 6.21. The van der Waals surface area contributed by atoms with Crippen molar-refractivity contribution in [1.29, 1.82) is 0 Å². The standard InChI is InChI=1S/C28H34O11/c1-13(29)38-19-11-17(25(33)37-6)27(2)8-7-16-26(34)39-15(12-28(16,3)24(27)21(19)32)9-14-10-18(30)22(35-4)23(36-5)20(14)31/h10,15-17,19,24H,7-9,11-12H2,1-6H3/t15-,16+,17+,19+,24+,27+,28+/m1/s1. The summed E-state index contributed by atoms with van der Waals surface area (Å²) in [5, 5.41) is 0. The van der Waals surface area contributed by atoms with Crippen molar-refractivity contribution in [3.63, 3.8) is 0 Å². The van der Waals surface area contributed by atoms with E-state index in [-0.39, 0.29) is 42.1 Å². The number of esters is 3. The molecule has 0 spiro atoms. The predicted octanol–water partition coefficient (Wildman–Crippen LogP) is 2.01. The van der Waals surface area contributed by atoms with Gasteiger partial charge < -0.3 is 23.7 Å². The predicted molar refractivity (Wildman–Crippen MR) is 131 cm³/mol. The molecule has 11 heteroatoms. The zero-order chi connectivity index (χ0) is 28.9. The van der Waals surface area contributed by atoms with Crippen molar-refractivity contribution in [2.75, 3.05) is 21.3 Å². The molecule has 0 unspecified atom stereocenters. The van der Waals surface area contributed by atoms with Gasteiger partial charge in [0.15, 0.2) is 11.9 Å². The highest BCUT2D eigenvalue weighted by atomic mass is 16.6. The largest absolute Gasteiger partial charge is 0.490 e. The minimum Gasteiger partial charge on any atom is -0.490 e. The normalized spacial score (nSPS) is 36.3. The van der Waals surface area contributed by atoms with Gasteiger partial charge in [0.25, 0.3) is 0 Å². The number of carbonyl (C=O) groups is 6. The average Bonchev–Trinajstić information content (AvgIpc) is 2.86. The number of hydrogen-bond acceptors (Lipinski definition) is 11. The highest BCUT2D eigenvalue weighted by Crippen LogP contribution is 2.64. The van der Waals surface area contributed by atoms with Gasteiger partial charge in [-0.25, -0.2) is 0 Å². The molecule has 4 rings (SSSR count). The Morgan fingerprint density at radius 3 is 2.28 bits per heavy atom. The second-order valence-corrected chi connectivity index (χ2v) is 11.2. The van der Waals surface area contributed by atoms with Crippen LogP contribution in [0, 0.1) is 28.6 Å². The number of cyclic esters (lactones) is 1. The van der Waals surface area contributed by atoms with Crippen molar-refractivity contribution in [3.05, 3.63) is 23.2 Å². The van der Waals surface area contributed by atoms with Crippen LogP contribution in [0.1, 0.15) is 52.9 Å². The van der Waals surface area contributed by atoms with Gasteiger partial charge in [-0.15, -0.1) is 0 Å². The number of fused-ring (bicyclic) bond motifs is 3. The first-order valence-corrected chi connectivity index (χ1v) is 12.9. The summed E-state index contributed by atoms with van der Waals surface area (Å²) in [7, 11) is 3.78. The van der Waals surface area contributed by atoms with Gasteiger partial charge in [-0.2, -0.15) is 0 Å². The number of ketones is 3. The first-order chi connectivity index (χ1) is 18.3. The Morgan fingerprint density at radius 1 is 1.03 bits per heavy atom. The molecule has 1 aliphatic heterocycles. The smallest absolute Gasteiger partial charge is 0.309 e. The zero-order valence-electron chi connectivity index (χ0n) is 23.0. The maximum Gasteiger partial charge on any atom is 0.309 e. The number of carbonyl (C=O) groups excluding carboxylic acids is 6. The topological polar surface area (TPSA) is 149 Å². The maximum absolute atomic E-state index is 13.9. The molecule has 0 aromatic rings. The molecule has 0 aromatic carbocycles. The molecule has 0 amide bonds. The van der Waals surface area contributed by atoms with Crippen molar-refractivity contribution >= 4 is 35.3 Å². The fourth-order valence-corrected chi connectivity index (χ4v) is 7.47. The number of ether oxygens (including phenoxy) is 5. The van der Waals surface area contributed by atoms with E-state index in [0.717, 1.165) is 6.08 Å². The molecule has 212 valence electrons. The molecule has 11 nitrogen and oxygen atoms in total. The summed E-state index contributed by atoms with van der Waals surface area (Å²) in [5.74, 6) is -5.75. The van der Waals surface area contributed by atoms with Crippen LogP contribution in [0.15, 0.2) is 23.2 Å². The van der Waals surface area contributed by atoms with Gasteiger partial charge in [0.2, 0.25) is 23.1 Å². The molecule has 1 saturated heterocycles. The van der Waals surface area contributed by atoms with E-state index in [0.29, 0.717) is 12.8 Å². The van der Waals surface area contributed by atoms with Gasteiger partial charge in [-0.05, 0) is 36.2 Å². The van der Waals surface area contributed by atoms with Crippen LogP contribution < -0.4 is 0 Å². The van der Waals surface area contributed by atoms with Crippen LogP contribution in [0.3, 0.4) is 0 Å². The second kappa shape index (κ2) is 10.2. The molecule has 7 atom stereocenters. The summed E-state index contributed by atoms with van der Waals surface area (Å²) < 4.78 is 26.3. The molecular formula is C28H34O11. The van der Waals surface area contributed by atoms with Gasteiger partial charge >= 0.3 is 17.9 Å². The van der Waals surface area contributed by atoms with Crippen molar-refractivity contribution < 1.29 is 52.5 Å². The number of rotatable bonds is 6. The zero-order valence-corrected chi connectivity index (χ0v) is 23.0. The molecule has 3 aliphatic carbocycles. The van der Waals surface area contributed by atoms with Gasteiger partial charge in [-0.3, -0.25) is 28.8 Å². The van der Waals surface area contributed by atoms with Crippen LogP contribution in [-0.2, 0) is 52.5 Å². The molecule has 3 fully saturated rings. The Labute approximate surface area is 226 Å². The van der Waals surface area contributed by atoms with Crippen LogP contribution >= 0.6 is 0 Å². The van der Waals surface area contributed by atoms with Gasteiger partial charge in [-0.1, -0.05) is 13.8 Å². The third kappa shape index (κ3) is 4.55. The summed E-state index contributed by atoms with van der Waals surface area (Å²) >= 11 is 0. The molecule has 39 heavy (non-hydrogen) atoms. The summed E-state index contributed by atoms with van der Waals surface area (Å²) in [4.78, 5) is 77.6. The maximum atomic E-state index is 13.9. The van der Waals surface area contributed by atoms with Gasteiger partial charge in [0.1, 0.15) is 6.10 Å². The van der Waals surface area contributed by atoms with E-state index in [1.807, 2.05) is 13.8 Å². The lowest BCUT2D eigenvalue weighted by atomic mass is 9.43. The Balaban J connectivity index is 1.70. The van der Waals surface area contributed by atoms with Gasteiger partial charge in [0.05, 0.1) is 33.2 Å². The van der Waals surface area contributed by atoms with Crippen LogP contribution in [-0.4, -0.2) is 68.8 Å². The van der Waals surface area contributed by atoms with Crippen molar-refractivity contribution in [1.82, 2.24) is 0 Å². The van der Waals surface area contributed by atoms with E-state index in [2.05, 4.69) is 0 Å². The fraction of sp³-hybridized carbons (Fsp3) is 0.643. The first kappa shape index (κ1) is 28.5. The van der Waals surface area contributed by atoms with Crippen LogP contribution in [0.4, 0.5) is 0 Å². The third-order valence-electron chi connectivity index (χ3n) is 9.05. The van der Waals surface area contributed by atoms with Crippen molar-refractivity contribution in [2.24, 2.45) is 28.6 Å². The Hall–Kier alpha value is -3.50. The third-order valence-corrected chi connectivity index (χ3v) is 9.05. The van der Waals surface area contributed by atoms with Crippen LogP contribution in [0.5, 0.6) is 0 Å². The molecular weight excluding hydrogens is 512 g/mol. The minimum atomic E-state index is -1.15. The van der Waals surface area contributed by atoms with Crippen LogP contribution in [0.2, 0.25) is 0 Å². The van der Waals surface area contributed by atoms with E-state index in [9.17, 15) is 28.8 Å². The van der Waals surface area contributed by atoms with Gasteiger partial charge in [0, 0.05) is 31.3 Å². The van der Waals surface area contributed by atoms with E-state index in [1.54, 1.807) is 0 Å². The van der Waals surface area contributed by atoms with Crippen molar-refractivity contribution in [3.8, 4) is 0 Å². The van der Waals surface area contributed by atoms with Crippen LogP contribution in [0.25, 0.3) is 0 Å². The first-order valence-electron chi connectivity index (χ1n) is 12.9. The summed E-state index contributed by atoms with van der Waals surface area (Å²) in [6.07, 6.45) is 0.0734. The lowest BCUT2D eigenvalue weighted by Gasteiger charge is -2.61. The molecule has 0 radical (unpaired) electrons. The molecule has 2 saturated carbocycles. The molecule has 4 aliphatic rings. The monoisotopic (exact) mass is 546 g/mol. The fourth-order valence-electron chi connectivity index (χ4n) is 7.47. The van der Waals surface area contributed by atoms with E-state index >= 15 is 0 Å². The number of allylic oxidation sites excluding steroid dienone is 2. The minimum absolute atomic E-state index is 0.00414. The molecule has 0 bridgehead atoms. The Kier molecular flexibility index (Phi) is 7.48. The molecule has 0 aromatic heterocycles. The lowest BCUT2D eigenvalue weighted by Crippen LogP contribution is -2.65. The summed E-state index contributed by atoms with van der Waals surface area (Å²) in [6, 6.07) is 0. The number of methoxy groups -OCH3 is 3. The van der Waals surface area contributed by atoms with E-state index in [4.69, 9.17) is 23.7 Å². The van der Waals surface area contributed by atoms with E-state index < -0.39 is 70.3 Å². The van der Waals surface area contributed by atoms with Crippen molar-refractivity contribution in [2.45, 2.75) is 65.1 Å². The lowest BCUT2D eigenvalue weighted by molar-refractivity contribution is -0.209. The second-order valence-electron chi connectivity index (χ2n) is 11.2. The Bertz CT molecular complexity index is 1200. The molecule has 0 N–H and O–H groups in total.